The Balaban J connectivity index is 2.18. The molecule has 0 saturated heterocycles. The summed E-state index contributed by atoms with van der Waals surface area (Å²) in [5.74, 6) is 0.836. The lowest BCUT2D eigenvalue weighted by molar-refractivity contribution is 0.0942. The highest BCUT2D eigenvalue weighted by Gasteiger charge is 2.18. The third kappa shape index (κ3) is 8.00. The van der Waals surface area contributed by atoms with Crippen molar-refractivity contribution in [3.8, 4) is 0 Å². The van der Waals surface area contributed by atoms with Crippen LogP contribution in [0, 0.1) is 5.41 Å². The third-order valence-electron chi connectivity index (χ3n) is 4.54. The molecule has 29 heavy (non-hydrogen) atoms. The SMILES string of the molecule is CC(=N)c1cc(N(COCC[Si](C)(C)C)COCC[Si](C)(C)C)n2nccc2n1. The fourth-order valence-electron chi connectivity index (χ4n) is 2.59. The van der Waals surface area contributed by atoms with Crippen LogP contribution in [-0.4, -0.2) is 63.1 Å². The van der Waals surface area contributed by atoms with Gasteiger partial charge in [-0.25, -0.2) is 4.98 Å². The van der Waals surface area contributed by atoms with E-state index in [1.807, 2.05) is 17.0 Å². The molecule has 0 bridgehead atoms. The average Bonchev–Trinajstić information content (AvgIpc) is 3.06. The predicted octanol–water partition coefficient (Wildman–Crippen LogP) is 4.55. The van der Waals surface area contributed by atoms with Crippen molar-refractivity contribution in [3.63, 3.8) is 0 Å². The Morgan fingerprint density at radius 2 is 1.59 bits per heavy atom. The van der Waals surface area contributed by atoms with Crippen LogP contribution in [-0.2, 0) is 9.47 Å². The summed E-state index contributed by atoms with van der Waals surface area (Å²) < 4.78 is 13.8. The first-order valence-electron chi connectivity index (χ1n) is 10.3. The molecule has 162 valence electrons. The van der Waals surface area contributed by atoms with Crippen LogP contribution in [0.5, 0.6) is 0 Å². The number of ether oxygens (including phenoxy) is 2. The third-order valence-corrected chi connectivity index (χ3v) is 7.94. The van der Waals surface area contributed by atoms with Crippen LogP contribution in [0.3, 0.4) is 0 Å². The van der Waals surface area contributed by atoms with Crippen LogP contribution in [0.4, 0.5) is 5.82 Å². The lowest BCUT2D eigenvalue weighted by atomic mass is 10.3. The number of aromatic nitrogens is 3. The smallest absolute Gasteiger partial charge is 0.158 e. The van der Waals surface area contributed by atoms with E-state index in [-0.39, 0.29) is 0 Å². The first-order chi connectivity index (χ1) is 13.5. The Morgan fingerprint density at radius 3 is 2.07 bits per heavy atom. The molecule has 2 aromatic rings. The normalized spacial score (nSPS) is 12.5. The first kappa shape index (κ1) is 23.7. The van der Waals surface area contributed by atoms with Crippen LogP contribution >= 0.6 is 0 Å². The minimum Gasteiger partial charge on any atom is -0.361 e. The van der Waals surface area contributed by atoms with Crippen molar-refractivity contribution in [2.24, 2.45) is 0 Å². The number of fused-ring (bicyclic) bond motifs is 1. The molecule has 0 spiro atoms. The summed E-state index contributed by atoms with van der Waals surface area (Å²) in [7, 11) is -2.29. The van der Waals surface area contributed by atoms with Crippen molar-refractivity contribution in [1.82, 2.24) is 14.6 Å². The number of nitrogens with zero attached hydrogens (tertiary/aromatic N) is 4. The Labute approximate surface area is 177 Å². The fourth-order valence-corrected chi connectivity index (χ4v) is 4.10. The molecular weight excluding hydrogens is 398 g/mol. The van der Waals surface area contributed by atoms with Crippen LogP contribution in [0.1, 0.15) is 12.6 Å². The molecule has 7 nitrogen and oxygen atoms in total. The van der Waals surface area contributed by atoms with Crippen LogP contribution in [0.25, 0.3) is 5.65 Å². The summed E-state index contributed by atoms with van der Waals surface area (Å²) in [6.07, 6.45) is 1.73. The molecule has 0 amide bonds. The Bertz CT molecular complexity index is 789. The molecule has 2 aromatic heterocycles. The zero-order valence-electron chi connectivity index (χ0n) is 19.1. The molecular formula is C20H37N5O2Si2. The van der Waals surface area contributed by atoms with Gasteiger partial charge in [-0.05, 0) is 19.0 Å². The van der Waals surface area contributed by atoms with Gasteiger partial charge in [0, 0.05) is 41.5 Å². The molecule has 0 aromatic carbocycles. The van der Waals surface area contributed by atoms with Crippen molar-refractivity contribution < 1.29 is 9.47 Å². The highest BCUT2D eigenvalue weighted by atomic mass is 28.3. The van der Waals surface area contributed by atoms with E-state index < -0.39 is 16.1 Å². The molecule has 1 N–H and O–H groups in total. The standard InChI is InChI=1S/C20H37N5O2Si2/c1-17(21)18-14-20(25-19(23-18)8-9-22-25)24(15-26-10-12-28(2,3)4)16-27-11-13-29(5,6)7/h8-9,14,21H,10-13,15-16H2,1-7H3. The van der Waals surface area contributed by atoms with Crippen molar-refractivity contribution in [1.29, 1.82) is 5.41 Å². The van der Waals surface area contributed by atoms with E-state index in [0.717, 1.165) is 36.8 Å². The van der Waals surface area contributed by atoms with Gasteiger partial charge in [-0.1, -0.05) is 39.3 Å². The molecule has 0 radical (unpaired) electrons. The predicted molar refractivity (Wildman–Crippen MR) is 126 cm³/mol. The second kappa shape index (κ2) is 9.97. The number of hydrogen-bond donors (Lipinski definition) is 1. The first-order valence-corrected chi connectivity index (χ1v) is 17.7. The second-order valence-electron chi connectivity index (χ2n) is 9.96. The van der Waals surface area contributed by atoms with Gasteiger partial charge in [0.15, 0.2) is 5.65 Å². The van der Waals surface area contributed by atoms with E-state index in [9.17, 15) is 0 Å². The van der Waals surface area contributed by atoms with Gasteiger partial charge in [-0.15, -0.1) is 0 Å². The van der Waals surface area contributed by atoms with Gasteiger partial charge in [0.1, 0.15) is 19.3 Å². The minimum absolute atomic E-state index is 0.423. The van der Waals surface area contributed by atoms with E-state index in [1.165, 1.54) is 0 Å². The Morgan fingerprint density at radius 1 is 1.03 bits per heavy atom. The molecule has 0 unspecified atom stereocenters. The summed E-state index contributed by atoms with van der Waals surface area (Å²) in [5, 5.41) is 12.4. The van der Waals surface area contributed by atoms with Crippen molar-refractivity contribution in [2.75, 3.05) is 31.6 Å². The summed E-state index contributed by atoms with van der Waals surface area (Å²) in [6.45, 7) is 18.2. The largest absolute Gasteiger partial charge is 0.361 e. The lowest BCUT2D eigenvalue weighted by Crippen LogP contribution is -2.33. The van der Waals surface area contributed by atoms with E-state index in [1.54, 1.807) is 17.6 Å². The average molecular weight is 436 g/mol. The number of rotatable bonds is 12. The van der Waals surface area contributed by atoms with Crippen molar-refractivity contribution in [3.05, 3.63) is 24.0 Å². The highest BCUT2D eigenvalue weighted by Crippen LogP contribution is 2.19. The van der Waals surface area contributed by atoms with E-state index in [0.29, 0.717) is 24.9 Å². The van der Waals surface area contributed by atoms with Gasteiger partial charge in [0.2, 0.25) is 0 Å². The summed E-state index contributed by atoms with van der Waals surface area (Å²) in [4.78, 5) is 6.56. The van der Waals surface area contributed by atoms with E-state index >= 15 is 0 Å². The zero-order valence-corrected chi connectivity index (χ0v) is 21.1. The molecule has 2 heterocycles. The lowest BCUT2D eigenvalue weighted by Gasteiger charge is -2.26. The molecule has 0 saturated carbocycles. The van der Waals surface area contributed by atoms with Crippen LogP contribution in [0.2, 0.25) is 51.4 Å². The van der Waals surface area contributed by atoms with Crippen LogP contribution < -0.4 is 4.90 Å². The van der Waals surface area contributed by atoms with Gasteiger partial charge in [-0.2, -0.15) is 9.61 Å². The molecule has 0 aliphatic heterocycles. The quantitative estimate of drug-likeness (QED) is 0.229. The molecule has 0 fully saturated rings. The van der Waals surface area contributed by atoms with E-state index in [4.69, 9.17) is 14.9 Å². The highest BCUT2D eigenvalue weighted by molar-refractivity contribution is 6.76. The van der Waals surface area contributed by atoms with E-state index in [2.05, 4.69) is 49.4 Å². The minimum atomic E-state index is -1.14. The Hall–Kier alpha value is -1.56. The molecule has 0 aliphatic rings. The maximum atomic E-state index is 8.01. The molecule has 0 aliphatic carbocycles. The van der Waals surface area contributed by atoms with Crippen molar-refractivity contribution in [2.45, 2.75) is 58.3 Å². The van der Waals surface area contributed by atoms with Gasteiger partial charge in [0.25, 0.3) is 0 Å². The Kier molecular flexibility index (Phi) is 8.15. The zero-order chi connectivity index (χ0) is 21.7. The monoisotopic (exact) mass is 435 g/mol. The number of nitrogens with one attached hydrogen (secondary N) is 1. The topological polar surface area (TPSA) is 75.7 Å². The number of anilines is 1. The maximum absolute atomic E-state index is 8.01. The summed E-state index contributed by atoms with van der Waals surface area (Å²) >= 11 is 0. The number of hydrogen-bond acceptors (Lipinski definition) is 6. The van der Waals surface area contributed by atoms with Crippen LogP contribution in [0.15, 0.2) is 18.3 Å². The van der Waals surface area contributed by atoms with Crippen molar-refractivity contribution >= 4 is 33.3 Å². The van der Waals surface area contributed by atoms with Gasteiger partial charge < -0.3 is 19.8 Å². The summed E-state index contributed by atoms with van der Waals surface area (Å²) in [5.41, 5.74) is 1.79. The molecule has 9 heteroatoms. The molecule has 2 rings (SSSR count). The van der Waals surface area contributed by atoms with Gasteiger partial charge >= 0.3 is 0 Å². The molecule has 0 atom stereocenters. The van der Waals surface area contributed by atoms with Gasteiger partial charge in [-0.3, -0.25) is 0 Å². The van der Waals surface area contributed by atoms with Gasteiger partial charge in [0.05, 0.1) is 17.6 Å². The fraction of sp³-hybridized carbons (Fsp3) is 0.650. The summed E-state index contributed by atoms with van der Waals surface area (Å²) in [6, 6.07) is 5.99. The maximum Gasteiger partial charge on any atom is 0.158 e. The second-order valence-corrected chi connectivity index (χ2v) is 21.2.